The van der Waals surface area contributed by atoms with Crippen LogP contribution < -0.4 is 4.90 Å². The normalized spacial score (nSPS) is 14.2. The van der Waals surface area contributed by atoms with E-state index < -0.39 is 0 Å². The molecule has 0 amide bonds. The molecule has 3 nitrogen and oxygen atoms in total. The molecule has 0 N–H and O–H groups in total. The molecule has 0 saturated carbocycles. The van der Waals surface area contributed by atoms with Gasteiger partial charge >= 0.3 is 0 Å². The minimum atomic E-state index is 0.462. The molecule has 2 heterocycles. The van der Waals surface area contributed by atoms with E-state index in [0.717, 1.165) is 67.9 Å². The van der Waals surface area contributed by atoms with E-state index in [9.17, 15) is 0 Å². The van der Waals surface area contributed by atoms with E-state index >= 15 is 0 Å². The van der Waals surface area contributed by atoms with Gasteiger partial charge < -0.3 is 13.7 Å². The van der Waals surface area contributed by atoms with E-state index in [1.807, 2.05) is 12.1 Å². The lowest BCUT2D eigenvalue weighted by Crippen LogP contribution is -2.11. The predicted molar refractivity (Wildman–Crippen MR) is 191 cm³/mol. The van der Waals surface area contributed by atoms with E-state index in [1.54, 1.807) is 0 Å². The Morgan fingerprint density at radius 1 is 0.543 bits per heavy atom. The monoisotopic (exact) mass is 593 g/mol. The Morgan fingerprint density at radius 2 is 1.17 bits per heavy atom. The number of anilines is 3. The van der Waals surface area contributed by atoms with E-state index in [1.165, 1.54) is 22.1 Å². The number of para-hydroxylation sites is 1. The zero-order valence-electron chi connectivity index (χ0n) is 25.5. The highest BCUT2D eigenvalue weighted by atomic mass is 16.3. The van der Waals surface area contributed by atoms with Crippen LogP contribution >= 0.6 is 0 Å². The van der Waals surface area contributed by atoms with Crippen molar-refractivity contribution in [2.24, 2.45) is 5.92 Å². The first kappa shape index (κ1) is 26.6. The number of hydrogen-bond acceptors (Lipinski definition) is 3. The molecule has 9 rings (SSSR count). The van der Waals surface area contributed by atoms with Gasteiger partial charge in [0.25, 0.3) is 0 Å². The molecule has 1 aliphatic carbocycles. The highest BCUT2D eigenvalue weighted by molar-refractivity contribution is 6.06. The molecule has 220 valence electrons. The fraction of sp³-hybridized carbons (Fsp3) is 0.0698. The summed E-state index contributed by atoms with van der Waals surface area (Å²) in [7, 11) is 0. The molecule has 0 aliphatic heterocycles. The van der Waals surface area contributed by atoms with Crippen molar-refractivity contribution in [3.05, 3.63) is 157 Å². The first-order chi connectivity index (χ1) is 22.7. The number of fused-ring (bicyclic) bond motifs is 6. The second-order valence-corrected chi connectivity index (χ2v) is 12.2. The van der Waals surface area contributed by atoms with Gasteiger partial charge in [-0.2, -0.15) is 0 Å². The van der Waals surface area contributed by atoms with E-state index in [0.29, 0.717) is 5.92 Å². The average Bonchev–Trinajstić information content (AvgIpc) is 3.67. The molecule has 1 aliphatic rings. The predicted octanol–water partition coefficient (Wildman–Crippen LogP) is 12.3. The molecule has 0 saturated heterocycles. The van der Waals surface area contributed by atoms with Gasteiger partial charge in [-0.15, -0.1) is 0 Å². The largest absolute Gasteiger partial charge is 0.456 e. The van der Waals surface area contributed by atoms with Crippen LogP contribution in [0.3, 0.4) is 0 Å². The van der Waals surface area contributed by atoms with E-state index in [-0.39, 0.29) is 0 Å². The van der Waals surface area contributed by atoms with Crippen LogP contribution in [0.1, 0.15) is 18.2 Å². The van der Waals surface area contributed by atoms with Crippen LogP contribution in [0.5, 0.6) is 0 Å². The van der Waals surface area contributed by atoms with Crippen molar-refractivity contribution in [3.63, 3.8) is 0 Å². The highest BCUT2D eigenvalue weighted by Crippen LogP contribution is 2.44. The van der Waals surface area contributed by atoms with Gasteiger partial charge in [0.1, 0.15) is 22.5 Å². The highest BCUT2D eigenvalue weighted by Gasteiger charge is 2.24. The minimum absolute atomic E-state index is 0.462. The van der Waals surface area contributed by atoms with Crippen molar-refractivity contribution in [2.45, 2.75) is 13.3 Å². The Bertz CT molecular complexity index is 2390. The summed E-state index contributed by atoms with van der Waals surface area (Å²) in [5.74, 6) is 1.43. The molecule has 6 aromatic carbocycles. The summed E-state index contributed by atoms with van der Waals surface area (Å²) >= 11 is 0. The average molecular weight is 594 g/mol. The molecule has 3 heteroatoms. The fourth-order valence-electron chi connectivity index (χ4n) is 6.95. The molecule has 0 spiro atoms. The van der Waals surface area contributed by atoms with Crippen molar-refractivity contribution in [2.75, 3.05) is 4.90 Å². The zero-order chi connectivity index (χ0) is 30.6. The van der Waals surface area contributed by atoms with Gasteiger partial charge in [-0.1, -0.05) is 97.9 Å². The number of hydrogen-bond donors (Lipinski definition) is 0. The van der Waals surface area contributed by atoms with Crippen molar-refractivity contribution in [1.82, 2.24) is 0 Å². The Labute approximate surface area is 267 Å². The van der Waals surface area contributed by atoms with Crippen LogP contribution in [0.4, 0.5) is 17.1 Å². The number of nitrogens with zero attached hydrogens (tertiary/aromatic N) is 1. The maximum atomic E-state index is 6.39. The molecular formula is C43H31NO2. The van der Waals surface area contributed by atoms with Crippen LogP contribution in [0.2, 0.25) is 0 Å². The summed E-state index contributed by atoms with van der Waals surface area (Å²) in [6.45, 7) is 2.27. The Balaban J connectivity index is 1.17. The topological polar surface area (TPSA) is 29.5 Å². The lowest BCUT2D eigenvalue weighted by molar-refractivity contribution is 0.584. The first-order valence-electron chi connectivity index (χ1n) is 15.9. The third kappa shape index (κ3) is 4.43. The standard InChI is InChI=1S/C43H31NO2/c1-28-14-24-41-37(26-28)43-38(11-7-13-42(43)46-41)44(33-20-15-30(16-21-33)29-8-3-2-4-9-29)34-22-17-31(18-23-34)32-19-25-40-36(27-32)35-10-5-6-12-39(35)45-40/h2-25,27-28H,26H2,1H3. The third-order valence-electron chi connectivity index (χ3n) is 9.23. The third-order valence-corrected chi connectivity index (χ3v) is 9.23. The van der Waals surface area contributed by atoms with E-state index in [4.69, 9.17) is 8.83 Å². The van der Waals surface area contributed by atoms with Crippen LogP contribution in [0, 0.1) is 5.92 Å². The molecule has 2 aromatic heterocycles. The summed E-state index contributed by atoms with van der Waals surface area (Å²) < 4.78 is 12.5. The summed E-state index contributed by atoms with van der Waals surface area (Å²) in [6, 6.07) is 49.4. The summed E-state index contributed by atoms with van der Waals surface area (Å²) in [4.78, 5) is 2.37. The fourth-order valence-corrected chi connectivity index (χ4v) is 6.95. The van der Waals surface area contributed by atoms with Gasteiger partial charge in [0.15, 0.2) is 0 Å². The van der Waals surface area contributed by atoms with Gasteiger partial charge in [-0.25, -0.2) is 0 Å². The number of furan rings is 2. The van der Waals surface area contributed by atoms with Gasteiger partial charge in [0.2, 0.25) is 0 Å². The molecule has 8 aromatic rings. The van der Waals surface area contributed by atoms with Gasteiger partial charge in [0.05, 0.1) is 5.69 Å². The van der Waals surface area contributed by atoms with Gasteiger partial charge in [0, 0.05) is 33.1 Å². The molecule has 0 radical (unpaired) electrons. The van der Waals surface area contributed by atoms with Gasteiger partial charge in [-0.3, -0.25) is 0 Å². The second-order valence-electron chi connectivity index (χ2n) is 12.2. The second kappa shape index (κ2) is 10.7. The maximum absolute atomic E-state index is 6.39. The lowest BCUT2D eigenvalue weighted by Gasteiger charge is -2.27. The van der Waals surface area contributed by atoms with Crippen molar-refractivity contribution >= 4 is 56.0 Å². The van der Waals surface area contributed by atoms with Crippen LogP contribution in [-0.2, 0) is 6.42 Å². The molecular weight excluding hydrogens is 562 g/mol. The number of rotatable bonds is 5. The van der Waals surface area contributed by atoms with Gasteiger partial charge in [-0.05, 0) is 95.3 Å². The summed E-state index contributed by atoms with van der Waals surface area (Å²) in [5, 5.41) is 3.46. The Hall–Kier alpha value is -5.80. The molecule has 46 heavy (non-hydrogen) atoms. The molecule has 0 fully saturated rings. The molecule has 0 bridgehead atoms. The summed E-state index contributed by atoms with van der Waals surface area (Å²) in [6.07, 6.45) is 5.34. The van der Waals surface area contributed by atoms with E-state index in [2.05, 4.69) is 151 Å². The van der Waals surface area contributed by atoms with Crippen molar-refractivity contribution in [1.29, 1.82) is 0 Å². The Morgan fingerprint density at radius 3 is 1.96 bits per heavy atom. The van der Waals surface area contributed by atoms with Crippen LogP contribution in [0.15, 0.2) is 154 Å². The molecule has 1 atom stereocenters. The molecule has 1 unspecified atom stereocenters. The number of benzene rings is 6. The van der Waals surface area contributed by atoms with Crippen LogP contribution in [-0.4, -0.2) is 0 Å². The number of allylic oxidation sites excluding steroid dienone is 1. The first-order valence-corrected chi connectivity index (χ1v) is 15.9. The quantitative estimate of drug-likeness (QED) is 0.199. The smallest absolute Gasteiger partial charge is 0.137 e. The van der Waals surface area contributed by atoms with Crippen molar-refractivity contribution in [3.8, 4) is 22.3 Å². The Kier molecular flexibility index (Phi) is 6.17. The van der Waals surface area contributed by atoms with Crippen molar-refractivity contribution < 1.29 is 8.83 Å². The lowest BCUT2D eigenvalue weighted by atomic mass is 9.92. The maximum Gasteiger partial charge on any atom is 0.137 e. The minimum Gasteiger partial charge on any atom is -0.456 e. The van der Waals surface area contributed by atoms with Crippen LogP contribution in [0.25, 0.3) is 61.2 Å². The zero-order valence-corrected chi connectivity index (χ0v) is 25.5. The summed E-state index contributed by atoms with van der Waals surface area (Å²) in [5.41, 5.74) is 12.1. The SMILES string of the molecule is CC1C=Cc2oc3cccc(N(c4ccc(-c5ccccc5)cc4)c4ccc(-c5ccc6oc7ccccc7c6c5)cc4)c3c2C1.